The Balaban J connectivity index is 2.80. The second-order valence-corrected chi connectivity index (χ2v) is 7.04. The van der Waals surface area contributed by atoms with E-state index in [-0.39, 0.29) is 11.5 Å². The number of hydrogen-bond donors (Lipinski definition) is 2. The normalized spacial score (nSPS) is 12.8. The number of rotatable bonds is 8. The molecule has 0 saturated heterocycles. The SMILES string of the molecule is COc1cccc(S(=O)(=O)NC(C)(C)CC/C=C/CO)c1. The van der Waals surface area contributed by atoms with E-state index in [0.29, 0.717) is 18.6 Å². The van der Waals surface area contributed by atoms with E-state index in [9.17, 15) is 8.42 Å². The second kappa shape index (κ2) is 7.59. The average molecular weight is 313 g/mol. The van der Waals surface area contributed by atoms with Gasteiger partial charge in [0.15, 0.2) is 0 Å². The molecule has 118 valence electrons. The van der Waals surface area contributed by atoms with Crippen LogP contribution in [0.4, 0.5) is 0 Å². The molecule has 0 bridgehead atoms. The molecular formula is C15H23NO4S. The van der Waals surface area contributed by atoms with Crippen molar-refractivity contribution in [1.82, 2.24) is 4.72 Å². The van der Waals surface area contributed by atoms with Crippen molar-refractivity contribution in [1.29, 1.82) is 0 Å². The van der Waals surface area contributed by atoms with Crippen LogP contribution in [0, 0.1) is 0 Å². The first kappa shape index (κ1) is 17.7. The zero-order chi connectivity index (χ0) is 15.9. The third-order valence-electron chi connectivity index (χ3n) is 2.97. The molecule has 2 N–H and O–H groups in total. The van der Waals surface area contributed by atoms with E-state index in [0.717, 1.165) is 0 Å². The molecule has 0 atom stereocenters. The smallest absolute Gasteiger partial charge is 0.241 e. The molecule has 6 heteroatoms. The van der Waals surface area contributed by atoms with Gasteiger partial charge in [-0.05, 0) is 38.8 Å². The van der Waals surface area contributed by atoms with E-state index in [1.54, 1.807) is 18.2 Å². The molecule has 5 nitrogen and oxygen atoms in total. The molecule has 1 aromatic carbocycles. The molecule has 0 fully saturated rings. The quantitative estimate of drug-likeness (QED) is 0.721. The predicted octanol–water partition coefficient (Wildman–Crippen LogP) is 2.08. The summed E-state index contributed by atoms with van der Waals surface area (Å²) < 4.78 is 32.5. The summed E-state index contributed by atoms with van der Waals surface area (Å²) in [6, 6.07) is 6.37. The van der Waals surface area contributed by atoms with E-state index < -0.39 is 15.6 Å². The standard InChI is InChI=1S/C15H23NO4S/c1-15(2,10-5-4-6-11-17)16-21(18,19)14-9-7-8-13(12-14)20-3/h4,6-9,12,16-17H,5,10-11H2,1-3H3/b6-4+. The zero-order valence-corrected chi connectivity index (χ0v) is 13.5. The molecule has 1 rings (SSSR count). The fourth-order valence-electron chi connectivity index (χ4n) is 1.88. The molecule has 0 heterocycles. The van der Waals surface area contributed by atoms with Gasteiger partial charge in [0.25, 0.3) is 0 Å². The fourth-order valence-corrected chi connectivity index (χ4v) is 3.36. The Bertz CT molecular complexity index is 579. The van der Waals surface area contributed by atoms with Gasteiger partial charge in [0.05, 0.1) is 18.6 Å². The summed E-state index contributed by atoms with van der Waals surface area (Å²) in [5.41, 5.74) is -0.582. The van der Waals surface area contributed by atoms with Crippen molar-refractivity contribution in [2.24, 2.45) is 0 Å². The van der Waals surface area contributed by atoms with E-state index in [1.165, 1.54) is 19.2 Å². The van der Waals surface area contributed by atoms with Crippen LogP contribution < -0.4 is 9.46 Å². The summed E-state index contributed by atoms with van der Waals surface area (Å²) >= 11 is 0. The first-order valence-corrected chi connectivity index (χ1v) is 8.23. The zero-order valence-electron chi connectivity index (χ0n) is 12.7. The first-order chi connectivity index (χ1) is 9.80. The topological polar surface area (TPSA) is 75.6 Å². The van der Waals surface area contributed by atoms with Crippen LogP contribution in [-0.4, -0.2) is 32.8 Å². The Morgan fingerprint density at radius 1 is 1.33 bits per heavy atom. The molecule has 0 aliphatic carbocycles. The van der Waals surface area contributed by atoms with Crippen molar-refractivity contribution in [3.63, 3.8) is 0 Å². The molecular weight excluding hydrogens is 290 g/mol. The van der Waals surface area contributed by atoms with Crippen LogP contribution in [0.3, 0.4) is 0 Å². The maximum absolute atomic E-state index is 12.4. The Morgan fingerprint density at radius 2 is 2.05 bits per heavy atom. The van der Waals surface area contributed by atoms with Crippen molar-refractivity contribution < 1.29 is 18.3 Å². The molecule has 0 unspecified atom stereocenters. The number of sulfonamides is 1. The summed E-state index contributed by atoms with van der Waals surface area (Å²) in [4.78, 5) is 0.181. The van der Waals surface area contributed by atoms with Gasteiger partial charge >= 0.3 is 0 Å². The molecule has 0 amide bonds. The van der Waals surface area contributed by atoms with E-state index in [4.69, 9.17) is 9.84 Å². The van der Waals surface area contributed by atoms with Crippen molar-refractivity contribution >= 4 is 10.0 Å². The van der Waals surface area contributed by atoms with E-state index >= 15 is 0 Å². The lowest BCUT2D eigenvalue weighted by Gasteiger charge is -2.25. The number of nitrogens with one attached hydrogen (secondary N) is 1. The number of aliphatic hydroxyl groups is 1. The molecule has 0 saturated carbocycles. The summed E-state index contributed by atoms with van der Waals surface area (Å²) in [7, 11) is -2.10. The molecule has 1 aromatic rings. The van der Waals surface area contributed by atoms with Crippen LogP contribution in [0.15, 0.2) is 41.3 Å². The Kier molecular flexibility index (Phi) is 6.39. The maximum Gasteiger partial charge on any atom is 0.241 e. The van der Waals surface area contributed by atoms with Crippen LogP contribution in [0.2, 0.25) is 0 Å². The van der Waals surface area contributed by atoms with Gasteiger partial charge in [0.2, 0.25) is 10.0 Å². The molecule has 0 radical (unpaired) electrons. The van der Waals surface area contributed by atoms with Crippen molar-refractivity contribution in [2.45, 2.75) is 37.1 Å². The number of methoxy groups -OCH3 is 1. The molecule has 0 aliphatic rings. The van der Waals surface area contributed by atoms with Gasteiger partial charge in [-0.2, -0.15) is 0 Å². The van der Waals surface area contributed by atoms with Crippen molar-refractivity contribution in [2.75, 3.05) is 13.7 Å². The van der Waals surface area contributed by atoms with Crippen LogP contribution in [0.1, 0.15) is 26.7 Å². The van der Waals surface area contributed by atoms with Gasteiger partial charge in [-0.25, -0.2) is 13.1 Å². The molecule has 0 aromatic heterocycles. The molecule has 21 heavy (non-hydrogen) atoms. The minimum Gasteiger partial charge on any atom is -0.497 e. The van der Waals surface area contributed by atoms with Gasteiger partial charge in [-0.1, -0.05) is 18.2 Å². The summed E-state index contributed by atoms with van der Waals surface area (Å²) in [6.07, 6.45) is 4.80. The second-order valence-electron chi connectivity index (χ2n) is 5.36. The van der Waals surface area contributed by atoms with Crippen LogP contribution >= 0.6 is 0 Å². The third kappa shape index (κ3) is 5.87. The van der Waals surface area contributed by atoms with Gasteiger partial charge in [-0.3, -0.25) is 0 Å². The highest BCUT2D eigenvalue weighted by atomic mass is 32.2. The number of hydrogen-bond acceptors (Lipinski definition) is 4. The predicted molar refractivity (Wildman–Crippen MR) is 82.9 cm³/mol. The molecule has 0 aliphatic heterocycles. The van der Waals surface area contributed by atoms with Crippen LogP contribution in [-0.2, 0) is 10.0 Å². The van der Waals surface area contributed by atoms with Crippen LogP contribution in [0.5, 0.6) is 5.75 Å². The monoisotopic (exact) mass is 313 g/mol. The third-order valence-corrected chi connectivity index (χ3v) is 4.67. The summed E-state index contributed by atoms with van der Waals surface area (Å²) in [5.74, 6) is 0.501. The number of benzene rings is 1. The Labute approximate surface area is 126 Å². The lowest BCUT2D eigenvalue weighted by atomic mass is 10.00. The van der Waals surface area contributed by atoms with Gasteiger partial charge in [0, 0.05) is 11.6 Å². The van der Waals surface area contributed by atoms with Gasteiger partial charge in [-0.15, -0.1) is 0 Å². The minimum atomic E-state index is -3.60. The van der Waals surface area contributed by atoms with Crippen molar-refractivity contribution in [3.05, 3.63) is 36.4 Å². The van der Waals surface area contributed by atoms with Gasteiger partial charge in [0.1, 0.15) is 5.75 Å². The number of aliphatic hydroxyl groups excluding tert-OH is 1. The number of allylic oxidation sites excluding steroid dienone is 1. The largest absolute Gasteiger partial charge is 0.497 e. The van der Waals surface area contributed by atoms with Crippen molar-refractivity contribution in [3.8, 4) is 5.75 Å². The first-order valence-electron chi connectivity index (χ1n) is 6.74. The highest BCUT2D eigenvalue weighted by Crippen LogP contribution is 2.20. The molecule has 0 spiro atoms. The van der Waals surface area contributed by atoms with Gasteiger partial charge < -0.3 is 9.84 Å². The average Bonchev–Trinajstić information content (AvgIpc) is 2.42. The lowest BCUT2D eigenvalue weighted by Crippen LogP contribution is -2.43. The summed E-state index contributed by atoms with van der Waals surface area (Å²) in [5, 5.41) is 8.67. The van der Waals surface area contributed by atoms with E-state index in [1.807, 2.05) is 19.9 Å². The lowest BCUT2D eigenvalue weighted by molar-refractivity contribution is 0.342. The maximum atomic E-state index is 12.4. The Morgan fingerprint density at radius 3 is 2.67 bits per heavy atom. The number of ether oxygens (including phenoxy) is 1. The minimum absolute atomic E-state index is 0.00400. The highest BCUT2D eigenvalue weighted by Gasteiger charge is 2.25. The Hall–Kier alpha value is -1.37. The summed E-state index contributed by atoms with van der Waals surface area (Å²) in [6.45, 7) is 3.66. The van der Waals surface area contributed by atoms with Crippen LogP contribution in [0.25, 0.3) is 0 Å². The fraction of sp³-hybridized carbons (Fsp3) is 0.467. The highest BCUT2D eigenvalue weighted by molar-refractivity contribution is 7.89. The van der Waals surface area contributed by atoms with E-state index in [2.05, 4.69) is 4.72 Å².